The fraction of sp³-hybridized carbons (Fsp3) is 0.444. The van der Waals surface area contributed by atoms with Gasteiger partial charge in [-0.3, -0.25) is 14.6 Å². The molecule has 1 saturated heterocycles. The van der Waals surface area contributed by atoms with E-state index in [-0.39, 0.29) is 34.3 Å². The van der Waals surface area contributed by atoms with Crippen LogP contribution in [0.3, 0.4) is 0 Å². The number of H-pyrrole nitrogens is 1. The van der Waals surface area contributed by atoms with Gasteiger partial charge in [0.2, 0.25) is 0 Å². The highest BCUT2D eigenvalue weighted by atomic mass is 16.6. The van der Waals surface area contributed by atoms with Crippen molar-refractivity contribution in [2.24, 2.45) is 0 Å². The number of ether oxygens (including phenoxy) is 4. The highest BCUT2D eigenvalue weighted by Gasteiger charge is 2.40. The SMILES string of the molecule is COc1ccc2c(c1OC)C(=O)O[C@H]2c1c(N)n(C2CCOCC2)[nH]c1=O. The third kappa shape index (κ3) is 2.66. The van der Waals surface area contributed by atoms with Crippen LogP contribution in [0.25, 0.3) is 0 Å². The van der Waals surface area contributed by atoms with Gasteiger partial charge in [0.25, 0.3) is 5.56 Å². The number of anilines is 1. The number of nitrogens with two attached hydrogens (primary N) is 1. The number of fused-ring (bicyclic) bond motifs is 1. The Labute approximate surface area is 154 Å². The van der Waals surface area contributed by atoms with Crippen molar-refractivity contribution in [1.82, 2.24) is 9.78 Å². The highest BCUT2D eigenvalue weighted by Crippen LogP contribution is 2.44. The minimum atomic E-state index is -0.892. The van der Waals surface area contributed by atoms with Gasteiger partial charge in [0, 0.05) is 18.8 Å². The first kappa shape index (κ1) is 17.5. The van der Waals surface area contributed by atoms with Crippen LogP contribution in [0.15, 0.2) is 16.9 Å². The predicted molar refractivity (Wildman–Crippen MR) is 95.4 cm³/mol. The second kappa shape index (κ2) is 6.66. The van der Waals surface area contributed by atoms with Crippen LogP contribution in [0.4, 0.5) is 5.82 Å². The van der Waals surface area contributed by atoms with Crippen LogP contribution in [-0.4, -0.2) is 43.2 Å². The molecule has 3 N–H and O–H groups in total. The van der Waals surface area contributed by atoms with Crippen LogP contribution in [-0.2, 0) is 9.47 Å². The van der Waals surface area contributed by atoms with Crippen molar-refractivity contribution >= 4 is 11.8 Å². The summed E-state index contributed by atoms with van der Waals surface area (Å²) in [6, 6.07) is 3.41. The number of carbonyl (C=O) groups is 1. The lowest BCUT2D eigenvalue weighted by atomic mass is 9.99. The lowest BCUT2D eigenvalue weighted by molar-refractivity contribution is 0.0453. The number of hydrogen-bond donors (Lipinski definition) is 2. The van der Waals surface area contributed by atoms with E-state index < -0.39 is 12.1 Å². The topological polar surface area (TPSA) is 118 Å². The number of nitrogens with one attached hydrogen (secondary N) is 1. The number of aromatic amines is 1. The first-order chi connectivity index (χ1) is 13.1. The highest BCUT2D eigenvalue weighted by molar-refractivity contribution is 5.98. The minimum absolute atomic E-state index is 0.0437. The number of nitrogen functional groups attached to an aromatic ring is 1. The molecule has 0 spiro atoms. The van der Waals surface area contributed by atoms with Gasteiger partial charge < -0.3 is 24.7 Å². The molecule has 0 aliphatic carbocycles. The van der Waals surface area contributed by atoms with Crippen molar-refractivity contribution in [3.05, 3.63) is 39.2 Å². The van der Waals surface area contributed by atoms with Crippen molar-refractivity contribution in [2.75, 3.05) is 33.2 Å². The molecule has 27 heavy (non-hydrogen) atoms. The Morgan fingerprint density at radius 1 is 1.19 bits per heavy atom. The number of carbonyl (C=O) groups excluding carboxylic acids is 1. The van der Waals surface area contributed by atoms with E-state index in [4.69, 9.17) is 24.7 Å². The van der Waals surface area contributed by atoms with Gasteiger partial charge >= 0.3 is 5.97 Å². The van der Waals surface area contributed by atoms with Gasteiger partial charge in [0.15, 0.2) is 17.6 Å². The van der Waals surface area contributed by atoms with Crippen LogP contribution >= 0.6 is 0 Å². The molecule has 9 nitrogen and oxygen atoms in total. The fourth-order valence-corrected chi connectivity index (χ4v) is 3.78. The van der Waals surface area contributed by atoms with Crippen LogP contribution in [0.2, 0.25) is 0 Å². The molecule has 9 heteroatoms. The second-order valence-electron chi connectivity index (χ2n) is 6.50. The average Bonchev–Trinajstić information content (AvgIpc) is 3.17. The summed E-state index contributed by atoms with van der Waals surface area (Å²) in [6.45, 7) is 1.22. The predicted octanol–water partition coefficient (Wildman–Crippen LogP) is 1.39. The maximum Gasteiger partial charge on any atom is 0.343 e. The number of cyclic esters (lactones) is 1. The third-order valence-electron chi connectivity index (χ3n) is 5.11. The molecule has 0 bridgehead atoms. The van der Waals surface area contributed by atoms with E-state index in [1.807, 2.05) is 0 Å². The number of methoxy groups -OCH3 is 2. The third-order valence-corrected chi connectivity index (χ3v) is 5.11. The molecule has 1 atom stereocenters. The molecular formula is C18H21N3O6. The van der Waals surface area contributed by atoms with Gasteiger partial charge in [-0.25, -0.2) is 4.79 Å². The van der Waals surface area contributed by atoms with E-state index >= 15 is 0 Å². The zero-order chi connectivity index (χ0) is 19.1. The van der Waals surface area contributed by atoms with Gasteiger partial charge in [0.05, 0.1) is 20.3 Å². The van der Waals surface area contributed by atoms with Gasteiger partial charge in [-0.2, -0.15) is 0 Å². The summed E-state index contributed by atoms with van der Waals surface area (Å²) in [6.07, 6.45) is 0.609. The molecule has 2 aromatic rings. The van der Waals surface area contributed by atoms with Crippen molar-refractivity contribution in [3.63, 3.8) is 0 Å². The zero-order valence-corrected chi connectivity index (χ0v) is 15.1. The molecule has 4 rings (SSSR count). The molecule has 0 radical (unpaired) electrons. The maximum absolute atomic E-state index is 12.6. The standard InChI is InChI=1S/C18H21N3O6/c1-24-11-4-3-10-12(15(11)25-2)18(23)27-14(10)13-16(19)21(20-17(13)22)9-5-7-26-8-6-9/h3-4,9,14H,5-8,19H2,1-2H3,(H,20,22)/t14-/m1/s1. The monoisotopic (exact) mass is 375 g/mol. The lowest BCUT2D eigenvalue weighted by Gasteiger charge is -2.24. The van der Waals surface area contributed by atoms with E-state index in [0.717, 1.165) is 12.8 Å². The molecule has 0 amide bonds. The molecule has 0 saturated carbocycles. The normalized spacial score (nSPS) is 19.6. The van der Waals surface area contributed by atoms with Crippen LogP contribution in [0, 0.1) is 0 Å². The van der Waals surface area contributed by atoms with E-state index in [9.17, 15) is 9.59 Å². The zero-order valence-electron chi connectivity index (χ0n) is 15.1. The van der Waals surface area contributed by atoms with Gasteiger partial charge in [-0.15, -0.1) is 0 Å². The molecule has 2 aliphatic rings. The van der Waals surface area contributed by atoms with E-state index in [0.29, 0.717) is 24.5 Å². The molecular weight excluding hydrogens is 354 g/mol. The molecule has 1 aromatic carbocycles. The van der Waals surface area contributed by atoms with Crippen LogP contribution < -0.4 is 20.8 Å². The summed E-state index contributed by atoms with van der Waals surface area (Å²) < 4.78 is 23.1. The largest absolute Gasteiger partial charge is 0.493 e. The first-order valence-electron chi connectivity index (χ1n) is 8.70. The summed E-state index contributed by atoms with van der Waals surface area (Å²) in [5.41, 5.74) is 6.91. The summed E-state index contributed by atoms with van der Waals surface area (Å²) in [7, 11) is 2.93. The molecule has 144 valence electrons. The van der Waals surface area contributed by atoms with Crippen molar-refractivity contribution < 1.29 is 23.7 Å². The molecule has 3 heterocycles. The fourth-order valence-electron chi connectivity index (χ4n) is 3.78. The Morgan fingerprint density at radius 3 is 2.59 bits per heavy atom. The number of hydrogen-bond acceptors (Lipinski definition) is 7. The Morgan fingerprint density at radius 2 is 1.93 bits per heavy atom. The Kier molecular flexibility index (Phi) is 4.31. The van der Waals surface area contributed by atoms with Crippen molar-refractivity contribution in [2.45, 2.75) is 25.0 Å². The lowest BCUT2D eigenvalue weighted by Crippen LogP contribution is -2.22. The van der Waals surface area contributed by atoms with E-state index in [1.165, 1.54) is 14.2 Å². The van der Waals surface area contributed by atoms with E-state index in [1.54, 1.807) is 16.8 Å². The Bertz CT molecular complexity index is 941. The van der Waals surface area contributed by atoms with Crippen molar-refractivity contribution in [1.29, 1.82) is 0 Å². The van der Waals surface area contributed by atoms with Gasteiger partial charge in [-0.05, 0) is 18.9 Å². The Hall–Kier alpha value is -2.94. The number of rotatable bonds is 4. The number of nitrogens with zero attached hydrogens (tertiary/aromatic N) is 1. The Balaban J connectivity index is 1.80. The summed E-state index contributed by atoms with van der Waals surface area (Å²) >= 11 is 0. The summed E-state index contributed by atoms with van der Waals surface area (Å²) in [4.78, 5) is 25.1. The van der Waals surface area contributed by atoms with Crippen LogP contribution in [0.1, 0.15) is 46.5 Å². The van der Waals surface area contributed by atoms with E-state index in [2.05, 4.69) is 5.10 Å². The minimum Gasteiger partial charge on any atom is -0.493 e. The second-order valence-corrected chi connectivity index (χ2v) is 6.50. The first-order valence-corrected chi connectivity index (χ1v) is 8.70. The molecule has 0 unspecified atom stereocenters. The number of aromatic nitrogens is 2. The molecule has 1 fully saturated rings. The average molecular weight is 375 g/mol. The molecule has 2 aliphatic heterocycles. The summed E-state index contributed by atoms with van der Waals surface area (Å²) in [5, 5.41) is 2.79. The quantitative estimate of drug-likeness (QED) is 0.775. The van der Waals surface area contributed by atoms with Gasteiger partial charge in [0.1, 0.15) is 16.9 Å². The summed E-state index contributed by atoms with van der Waals surface area (Å²) in [5.74, 6) is 0.382. The van der Waals surface area contributed by atoms with Gasteiger partial charge in [-0.1, -0.05) is 6.07 Å². The number of esters is 1. The molecule has 1 aromatic heterocycles. The number of benzene rings is 1. The maximum atomic E-state index is 12.6. The smallest absolute Gasteiger partial charge is 0.343 e. The van der Waals surface area contributed by atoms with Crippen LogP contribution in [0.5, 0.6) is 11.5 Å². The van der Waals surface area contributed by atoms with Crippen molar-refractivity contribution in [3.8, 4) is 11.5 Å².